The maximum absolute atomic E-state index is 13.5. The zero-order valence-electron chi connectivity index (χ0n) is 31.4. The Morgan fingerprint density at radius 2 is 1.81 bits per heavy atom. The number of hydrogen-bond donors (Lipinski definition) is 2. The number of nitrogens with one attached hydrogen (secondary N) is 2. The number of carbonyl (C=O) groups excluding carboxylic acids is 1. The summed E-state index contributed by atoms with van der Waals surface area (Å²) in [4.78, 5) is 28.9. The second-order valence-corrected chi connectivity index (χ2v) is 17.4. The van der Waals surface area contributed by atoms with E-state index < -0.39 is 24.8 Å². The molecule has 13 nitrogen and oxygen atoms in total. The van der Waals surface area contributed by atoms with E-state index in [0.717, 1.165) is 37.2 Å². The first kappa shape index (κ1) is 40.5. The lowest BCUT2D eigenvalue weighted by Crippen LogP contribution is -2.32. The minimum Gasteiger partial charge on any atom is -0.493 e. The van der Waals surface area contributed by atoms with E-state index in [-0.39, 0.29) is 18.9 Å². The van der Waals surface area contributed by atoms with Crippen molar-refractivity contribution in [1.29, 1.82) is 0 Å². The number of phosphoric acid groups is 1. The van der Waals surface area contributed by atoms with Gasteiger partial charge in [0.05, 0.1) is 43.5 Å². The molecule has 288 valence electrons. The Balaban J connectivity index is 1.13. The number of nitrogens with zero attached hydrogens (tertiary/aromatic N) is 4. The van der Waals surface area contributed by atoms with Crippen molar-refractivity contribution in [3.63, 3.8) is 0 Å². The molecule has 2 aromatic heterocycles. The van der Waals surface area contributed by atoms with Crippen molar-refractivity contribution in [2.45, 2.75) is 90.9 Å². The molecule has 1 aliphatic rings. The first-order chi connectivity index (χ1) is 25.1. The van der Waals surface area contributed by atoms with E-state index in [9.17, 15) is 13.8 Å². The van der Waals surface area contributed by atoms with E-state index in [1.54, 1.807) is 19.4 Å². The highest BCUT2D eigenvalue weighted by Gasteiger charge is 2.37. The van der Waals surface area contributed by atoms with E-state index in [4.69, 9.17) is 23.0 Å². The van der Waals surface area contributed by atoms with Gasteiger partial charge in [-0.25, -0.2) is 23.9 Å². The van der Waals surface area contributed by atoms with Gasteiger partial charge in [0.2, 0.25) is 5.91 Å². The average Bonchev–Trinajstić information content (AvgIpc) is 3.69. The topological polar surface area (TPSA) is 146 Å². The summed E-state index contributed by atoms with van der Waals surface area (Å²) in [5.41, 5.74) is -0.303. The Morgan fingerprint density at radius 3 is 2.53 bits per heavy atom. The molecule has 1 amide bonds. The molecular formula is C37H50FN6O7PS. The number of ether oxygens (including phenoxy) is 2. The average molecular weight is 773 g/mol. The molecule has 0 saturated carbocycles. The number of amides is 1. The number of phosphoric ester groups is 1. The second kappa shape index (κ2) is 17.6. The van der Waals surface area contributed by atoms with Crippen LogP contribution in [0.3, 0.4) is 0 Å². The molecule has 1 saturated heterocycles. The SMILES string of the molecule is COc1cc2c(Nc3ncc(CC(=O)Nc4cccc(F)c4)s3)ncnc2cc1OCCCN1CCCC1CCOP(=O)(OC(C)(C)C)OC(C)(C)C. The number of halogens is 1. The number of fused-ring (bicyclic) bond motifs is 1. The van der Waals surface area contributed by atoms with Gasteiger partial charge < -0.3 is 25.0 Å². The molecule has 0 spiro atoms. The molecule has 1 unspecified atom stereocenters. The first-order valence-corrected chi connectivity index (χ1v) is 20.0. The summed E-state index contributed by atoms with van der Waals surface area (Å²) in [5.74, 6) is 0.948. The molecule has 5 rings (SSSR count). The molecule has 1 aliphatic heterocycles. The maximum atomic E-state index is 13.5. The van der Waals surface area contributed by atoms with Gasteiger partial charge in [-0.15, -0.1) is 11.3 Å². The molecule has 16 heteroatoms. The van der Waals surface area contributed by atoms with Gasteiger partial charge in [-0.1, -0.05) is 6.07 Å². The van der Waals surface area contributed by atoms with Crippen LogP contribution in [0, 0.1) is 5.82 Å². The van der Waals surface area contributed by atoms with E-state index >= 15 is 0 Å². The van der Waals surface area contributed by atoms with Crippen LogP contribution in [0.5, 0.6) is 11.5 Å². The van der Waals surface area contributed by atoms with E-state index in [1.807, 2.05) is 53.7 Å². The summed E-state index contributed by atoms with van der Waals surface area (Å²) in [7, 11) is -2.16. The minimum absolute atomic E-state index is 0.0884. The van der Waals surface area contributed by atoms with E-state index in [1.165, 1.54) is 35.9 Å². The van der Waals surface area contributed by atoms with Crippen molar-refractivity contribution in [2.24, 2.45) is 0 Å². The highest BCUT2D eigenvalue weighted by atomic mass is 32.1. The molecule has 3 heterocycles. The molecule has 2 N–H and O–H groups in total. The van der Waals surface area contributed by atoms with Crippen LogP contribution in [-0.4, -0.2) is 76.4 Å². The van der Waals surface area contributed by atoms with Crippen molar-refractivity contribution in [2.75, 3.05) is 44.0 Å². The molecule has 0 bridgehead atoms. The third-order valence-corrected chi connectivity index (χ3v) is 10.9. The number of hydrogen-bond acceptors (Lipinski definition) is 13. The summed E-state index contributed by atoms with van der Waals surface area (Å²) in [5, 5.41) is 7.20. The van der Waals surface area contributed by atoms with Crippen molar-refractivity contribution < 1.29 is 36.8 Å². The predicted molar refractivity (Wildman–Crippen MR) is 205 cm³/mol. The van der Waals surface area contributed by atoms with Crippen LogP contribution >= 0.6 is 19.2 Å². The summed E-state index contributed by atoms with van der Waals surface area (Å²) in [6.07, 6.45) is 6.81. The maximum Gasteiger partial charge on any atom is 0.475 e. The van der Waals surface area contributed by atoms with Crippen LogP contribution in [0.25, 0.3) is 10.9 Å². The molecule has 0 aliphatic carbocycles. The monoisotopic (exact) mass is 772 g/mol. The fourth-order valence-corrected chi connectivity index (χ4v) is 8.55. The fraction of sp³-hybridized carbons (Fsp3) is 0.514. The Bertz CT molecular complexity index is 1880. The lowest BCUT2D eigenvalue weighted by Gasteiger charge is -2.31. The molecule has 1 fully saturated rings. The highest BCUT2D eigenvalue weighted by Crippen LogP contribution is 2.55. The highest BCUT2D eigenvalue weighted by molar-refractivity contribution is 7.48. The van der Waals surface area contributed by atoms with Crippen LogP contribution in [0.2, 0.25) is 0 Å². The van der Waals surface area contributed by atoms with Gasteiger partial charge in [-0.05, 0) is 98.0 Å². The third kappa shape index (κ3) is 12.4. The summed E-state index contributed by atoms with van der Waals surface area (Å²) >= 11 is 1.32. The van der Waals surface area contributed by atoms with Gasteiger partial charge in [0.1, 0.15) is 18.0 Å². The number of likely N-dealkylation sites (tertiary alicyclic amines) is 1. The fourth-order valence-electron chi connectivity index (χ4n) is 5.92. The second-order valence-electron chi connectivity index (χ2n) is 14.7. The molecule has 53 heavy (non-hydrogen) atoms. The van der Waals surface area contributed by atoms with E-state index in [2.05, 4.69) is 30.5 Å². The van der Waals surface area contributed by atoms with Crippen molar-refractivity contribution in [1.82, 2.24) is 19.9 Å². The number of methoxy groups -OCH3 is 1. The van der Waals surface area contributed by atoms with Crippen LogP contribution < -0.4 is 20.1 Å². The number of thiazole rings is 1. The van der Waals surface area contributed by atoms with Crippen LogP contribution in [0.15, 0.2) is 48.9 Å². The molecule has 0 radical (unpaired) electrons. The Morgan fingerprint density at radius 1 is 1.04 bits per heavy atom. The lowest BCUT2D eigenvalue weighted by molar-refractivity contribution is -0.115. The van der Waals surface area contributed by atoms with Gasteiger partial charge in [0.25, 0.3) is 0 Å². The number of rotatable bonds is 17. The van der Waals surface area contributed by atoms with Gasteiger partial charge in [-0.3, -0.25) is 18.4 Å². The number of carbonyl (C=O) groups is 1. The Hall–Kier alpha value is -3.72. The van der Waals surface area contributed by atoms with Crippen LogP contribution in [0.4, 0.5) is 21.0 Å². The van der Waals surface area contributed by atoms with Crippen molar-refractivity contribution >= 4 is 52.6 Å². The first-order valence-electron chi connectivity index (χ1n) is 17.7. The molecule has 2 aromatic carbocycles. The Kier molecular flexibility index (Phi) is 13.4. The molecule has 4 aromatic rings. The predicted octanol–water partition coefficient (Wildman–Crippen LogP) is 8.54. The summed E-state index contributed by atoms with van der Waals surface area (Å²) in [6.45, 7) is 13.5. The Labute approximate surface area is 314 Å². The van der Waals surface area contributed by atoms with Crippen LogP contribution in [-0.2, 0) is 29.4 Å². The van der Waals surface area contributed by atoms with E-state index in [0.29, 0.717) is 58.1 Å². The largest absolute Gasteiger partial charge is 0.493 e. The van der Waals surface area contributed by atoms with Gasteiger partial charge in [0.15, 0.2) is 16.6 Å². The van der Waals surface area contributed by atoms with Gasteiger partial charge in [-0.2, -0.15) is 0 Å². The molecular weight excluding hydrogens is 722 g/mol. The minimum atomic E-state index is -3.75. The van der Waals surface area contributed by atoms with Crippen molar-refractivity contribution in [3.8, 4) is 11.5 Å². The summed E-state index contributed by atoms with van der Waals surface area (Å²) in [6, 6.07) is 9.72. The number of benzene rings is 2. The quantitative estimate of drug-likeness (QED) is 0.0783. The third-order valence-electron chi connectivity index (χ3n) is 7.96. The normalized spacial score (nSPS) is 15.5. The molecule has 1 atom stereocenters. The lowest BCUT2D eigenvalue weighted by atomic mass is 10.1. The zero-order chi connectivity index (χ0) is 38.2. The van der Waals surface area contributed by atoms with Gasteiger partial charge >= 0.3 is 7.82 Å². The zero-order valence-corrected chi connectivity index (χ0v) is 33.2. The van der Waals surface area contributed by atoms with Gasteiger partial charge in [0, 0.05) is 40.8 Å². The number of aromatic nitrogens is 3. The standard InChI is InChI=1S/C37H50FN6O7PS/c1-36(2,3)50-52(46,51-37(4,5)6)49-18-14-27-13-9-15-44(27)16-10-17-48-32-22-30-29(21-31(32)47-7)34(41-24-40-30)43-35-39-23-28(53-35)20-33(45)42-26-12-8-11-25(38)19-26/h8,11-12,19,21-24,27H,9-10,13-18,20H2,1-7H3,(H,42,45)(H,39,40,41,43). The summed E-state index contributed by atoms with van der Waals surface area (Å²) < 4.78 is 56.1. The van der Waals surface area contributed by atoms with Crippen molar-refractivity contribution in [3.05, 3.63) is 59.6 Å². The van der Waals surface area contributed by atoms with Crippen LogP contribution in [0.1, 0.15) is 72.1 Å². The number of anilines is 3. The smallest absolute Gasteiger partial charge is 0.475 e.